The molecule has 1 aromatic heterocycles. The SMILES string of the molecule is COc1cc2sc(CNC(=O)C3(C(=O)OC(C)(C)C)Cc4cc(F)c(F)cc4C3)nc2cc1C(=O)N1CCN(C)CC1. The van der Waals surface area contributed by atoms with Crippen molar-refractivity contribution in [2.75, 3.05) is 40.3 Å². The van der Waals surface area contributed by atoms with Crippen molar-refractivity contribution in [2.24, 2.45) is 5.41 Å². The lowest BCUT2D eigenvalue weighted by Crippen LogP contribution is -2.49. The molecule has 1 aliphatic carbocycles. The third-order valence-corrected chi connectivity index (χ3v) is 8.64. The second-order valence-electron chi connectivity index (χ2n) is 11.9. The van der Waals surface area contributed by atoms with Gasteiger partial charge in [0.2, 0.25) is 5.91 Å². The number of halogens is 2. The summed E-state index contributed by atoms with van der Waals surface area (Å²) in [6.45, 7) is 7.89. The van der Waals surface area contributed by atoms with E-state index in [4.69, 9.17) is 9.47 Å². The first-order chi connectivity index (χ1) is 19.8. The molecule has 2 heterocycles. The van der Waals surface area contributed by atoms with E-state index >= 15 is 0 Å². The van der Waals surface area contributed by atoms with Gasteiger partial charge in [-0.25, -0.2) is 13.8 Å². The van der Waals surface area contributed by atoms with E-state index in [9.17, 15) is 23.2 Å². The molecule has 0 bridgehead atoms. The Morgan fingerprint density at radius 2 is 1.64 bits per heavy atom. The molecule has 0 radical (unpaired) electrons. The molecule has 1 N–H and O–H groups in total. The Morgan fingerprint density at radius 1 is 1.02 bits per heavy atom. The highest BCUT2D eigenvalue weighted by Crippen LogP contribution is 2.40. The predicted molar refractivity (Wildman–Crippen MR) is 153 cm³/mol. The minimum Gasteiger partial charge on any atom is -0.496 e. The van der Waals surface area contributed by atoms with Crippen LogP contribution in [-0.2, 0) is 33.7 Å². The molecule has 1 aliphatic heterocycles. The Labute approximate surface area is 246 Å². The average molecular weight is 601 g/mol. The van der Waals surface area contributed by atoms with Crippen molar-refractivity contribution in [3.05, 3.63) is 57.6 Å². The van der Waals surface area contributed by atoms with Crippen LogP contribution < -0.4 is 10.1 Å². The fourth-order valence-corrected chi connectivity index (χ4v) is 6.28. The second kappa shape index (κ2) is 11.2. The van der Waals surface area contributed by atoms with Crippen molar-refractivity contribution in [3.63, 3.8) is 0 Å². The zero-order valence-corrected chi connectivity index (χ0v) is 25.1. The first kappa shape index (κ1) is 29.8. The lowest BCUT2D eigenvalue weighted by molar-refractivity contribution is -0.170. The number of likely N-dealkylation sites (N-methyl/N-ethyl adjacent to an activating group) is 1. The van der Waals surface area contributed by atoms with Crippen LogP contribution in [0.2, 0.25) is 0 Å². The van der Waals surface area contributed by atoms with Crippen LogP contribution in [0.1, 0.15) is 47.3 Å². The molecule has 0 spiro atoms. The molecular weight excluding hydrogens is 566 g/mol. The molecule has 5 rings (SSSR count). The van der Waals surface area contributed by atoms with Crippen LogP contribution in [0.25, 0.3) is 10.2 Å². The van der Waals surface area contributed by atoms with E-state index < -0.39 is 34.5 Å². The Balaban J connectivity index is 1.37. The predicted octanol–water partition coefficient (Wildman–Crippen LogP) is 3.71. The smallest absolute Gasteiger partial charge is 0.322 e. The van der Waals surface area contributed by atoms with Crippen LogP contribution in [0.3, 0.4) is 0 Å². The zero-order chi connectivity index (χ0) is 30.4. The number of benzene rings is 2. The fourth-order valence-electron chi connectivity index (χ4n) is 5.36. The zero-order valence-electron chi connectivity index (χ0n) is 24.3. The standard InChI is InChI=1S/C30H34F2N4O5S/c1-29(2,3)41-28(39)30(14-17-10-20(31)21(32)11-18(17)15-30)27(38)33-16-25-34-22-12-19(23(40-5)13-24(22)42-25)26(37)36-8-6-35(4)7-9-36/h10-13H,6-9,14-16H2,1-5H3,(H,33,38). The summed E-state index contributed by atoms with van der Waals surface area (Å²) < 4.78 is 39.9. The van der Waals surface area contributed by atoms with Gasteiger partial charge in [-0.15, -0.1) is 11.3 Å². The molecular formula is C30H34F2N4O5S. The van der Waals surface area contributed by atoms with Crippen molar-refractivity contribution >= 4 is 39.3 Å². The van der Waals surface area contributed by atoms with E-state index in [1.54, 1.807) is 37.8 Å². The number of thiazole rings is 1. The van der Waals surface area contributed by atoms with Crippen molar-refractivity contribution in [1.29, 1.82) is 0 Å². The quantitative estimate of drug-likeness (QED) is 0.340. The van der Waals surface area contributed by atoms with E-state index in [-0.39, 0.29) is 25.3 Å². The van der Waals surface area contributed by atoms with Gasteiger partial charge in [0.05, 0.1) is 29.4 Å². The largest absolute Gasteiger partial charge is 0.496 e. The topological polar surface area (TPSA) is 101 Å². The number of fused-ring (bicyclic) bond motifs is 2. The summed E-state index contributed by atoms with van der Waals surface area (Å²) in [6, 6.07) is 5.54. The van der Waals surface area contributed by atoms with Crippen LogP contribution in [0, 0.1) is 17.0 Å². The van der Waals surface area contributed by atoms with Crippen LogP contribution >= 0.6 is 11.3 Å². The summed E-state index contributed by atoms with van der Waals surface area (Å²) in [5.41, 5.74) is -0.774. The number of aromatic nitrogens is 1. The molecule has 2 amide bonds. The van der Waals surface area contributed by atoms with E-state index in [1.165, 1.54) is 18.4 Å². The number of esters is 1. The van der Waals surface area contributed by atoms with Gasteiger partial charge < -0.3 is 24.6 Å². The van der Waals surface area contributed by atoms with Gasteiger partial charge in [0.15, 0.2) is 17.0 Å². The molecule has 12 heteroatoms. The van der Waals surface area contributed by atoms with Crippen molar-refractivity contribution in [2.45, 2.75) is 45.8 Å². The van der Waals surface area contributed by atoms with Crippen molar-refractivity contribution < 1.29 is 32.6 Å². The van der Waals surface area contributed by atoms with E-state index in [0.29, 0.717) is 46.1 Å². The number of hydrogen-bond donors (Lipinski definition) is 1. The number of nitrogens with one attached hydrogen (secondary N) is 1. The van der Waals surface area contributed by atoms with Gasteiger partial charge in [-0.3, -0.25) is 14.4 Å². The van der Waals surface area contributed by atoms with Crippen molar-refractivity contribution in [3.8, 4) is 5.75 Å². The molecule has 9 nitrogen and oxygen atoms in total. The monoisotopic (exact) mass is 600 g/mol. The highest BCUT2D eigenvalue weighted by atomic mass is 32.1. The molecule has 224 valence electrons. The van der Waals surface area contributed by atoms with Gasteiger partial charge in [0.25, 0.3) is 5.91 Å². The summed E-state index contributed by atoms with van der Waals surface area (Å²) in [6.07, 6.45) is -0.232. The minimum atomic E-state index is -1.68. The number of rotatable bonds is 6. The molecule has 1 saturated heterocycles. The molecule has 2 aliphatic rings. The minimum absolute atomic E-state index is 0.00580. The van der Waals surface area contributed by atoms with Gasteiger partial charge in [0, 0.05) is 32.2 Å². The maximum absolute atomic E-state index is 14.0. The Bertz CT molecular complexity index is 1530. The van der Waals surface area contributed by atoms with E-state index in [1.807, 2.05) is 7.05 Å². The number of piperazine rings is 1. The van der Waals surface area contributed by atoms with Crippen LogP contribution in [0.5, 0.6) is 5.75 Å². The Hall–Kier alpha value is -3.64. The average Bonchev–Trinajstić information content (AvgIpc) is 3.51. The first-order valence-electron chi connectivity index (χ1n) is 13.7. The number of hydrogen-bond acceptors (Lipinski definition) is 8. The van der Waals surface area contributed by atoms with Gasteiger partial charge >= 0.3 is 5.97 Å². The number of methoxy groups -OCH3 is 1. The van der Waals surface area contributed by atoms with Crippen LogP contribution in [0.15, 0.2) is 24.3 Å². The summed E-state index contributed by atoms with van der Waals surface area (Å²) in [7, 11) is 3.53. The van der Waals surface area contributed by atoms with E-state index in [2.05, 4.69) is 15.2 Å². The molecule has 3 aromatic rings. The third kappa shape index (κ3) is 5.82. The number of ether oxygens (including phenoxy) is 2. The van der Waals surface area contributed by atoms with Gasteiger partial charge in [0.1, 0.15) is 16.4 Å². The van der Waals surface area contributed by atoms with E-state index in [0.717, 1.165) is 29.9 Å². The van der Waals surface area contributed by atoms with Crippen molar-refractivity contribution in [1.82, 2.24) is 20.1 Å². The molecule has 0 saturated carbocycles. The normalized spacial score (nSPS) is 16.8. The lowest BCUT2D eigenvalue weighted by atomic mass is 9.83. The first-order valence-corrected chi connectivity index (χ1v) is 14.5. The number of carbonyl (C=O) groups is 3. The Morgan fingerprint density at radius 3 is 2.21 bits per heavy atom. The third-order valence-electron chi connectivity index (χ3n) is 7.63. The maximum Gasteiger partial charge on any atom is 0.322 e. The summed E-state index contributed by atoms with van der Waals surface area (Å²) in [5, 5.41) is 3.36. The maximum atomic E-state index is 14.0. The Kier molecular flexibility index (Phi) is 7.97. The number of carbonyl (C=O) groups excluding carboxylic acids is 3. The van der Waals surface area contributed by atoms with Gasteiger partial charge in [-0.1, -0.05) is 0 Å². The molecule has 0 atom stereocenters. The second-order valence-corrected chi connectivity index (χ2v) is 13.0. The number of nitrogens with zero attached hydrogens (tertiary/aromatic N) is 3. The summed E-state index contributed by atoms with van der Waals surface area (Å²) in [5.74, 6) is -3.13. The number of amides is 2. The van der Waals surface area contributed by atoms with Gasteiger partial charge in [-0.05, 0) is 70.0 Å². The summed E-state index contributed by atoms with van der Waals surface area (Å²) in [4.78, 5) is 48.9. The molecule has 1 fully saturated rings. The highest BCUT2D eigenvalue weighted by molar-refractivity contribution is 7.18. The fraction of sp³-hybridized carbons (Fsp3) is 0.467. The van der Waals surface area contributed by atoms with Crippen LogP contribution in [-0.4, -0.2) is 78.5 Å². The molecule has 2 aromatic carbocycles. The highest BCUT2D eigenvalue weighted by Gasteiger charge is 2.52. The summed E-state index contributed by atoms with van der Waals surface area (Å²) >= 11 is 1.32. The lowest BCUT2D eigenvalue weighted by Gasteiger charge is -2.32. The van der Waals surface area contributed by atoms with Gasteiger partial charge in [-0.2, -0.15) is 0 Å². The molecule has 0 unspecified atom stereocenters. The molecule has 42 heavy (non-hydrogen) atoms. The van der Waals surface area contributed by atoms with Crippen LogP contribution in [0.4, 0.5) is 8.78 Å².